The van der Waals surface area contributed by atoms with Crippen LogP contribution in [0.25, 0.3) is 0 Å². The molecule has 0 aliphatic carbocycles. The summed E-state index contributed by atoms with van der Waals surface area (Å²) in [4.78, 5) is 28.9. The molecule has 0 bridgehead atoms. The number of carbonyl (C=O) groups excluding carboxylic acids is 2. The Bertz CT molecular complexity index is 1120. The molecular weight excluding hydrogens is 456 g/mol. The largest absolute Gasteiger partial charge is 0.493 e. The van der Waals surface area contributed by atoms with Crippen molar-refractivity contribution in [2.24, 2.45) is 0 Å². The van der Waals surface area contributed by atoms with Crippen LogP contribution < -0.4 is 14.8 Å². The topological polar surface area (TPSA) is 81.0 Å². The predicted molar refractivity (Wildman–Crippen MR) is 130 cm³/mol. The van der Waals surface area contributed by atoms with Crippen molar-refractivity contribution >= 4 is 23.4 Å². The summed E-state index contributed by atoms with van der Waals surface area (Å²) >= 11 is 6.10. The zero-order valence-corrected chi connectivity index (χ0v) is 20.7. The number of halogens is 1. The molecule has 34 heavy (non-hydrogen) atoms. The van der Waals surface area contributed by atoms with E-state index in [0.717, 1.165) is 0 Å². The fourth-order valence-electron chi connectivity index (χ4n) is 3.54. The van der Waals surface area contributed by atoms with E-state index in [9.17, 15) is 9.59 Å². The van der Waals surface area contributed by atoms with E-state index < -0.39 is 11.6 Å². The molecule has 0 saturated carbocycles. The predicted octanol–water partition coefficient (Wildman–Crippen LogP) is 5.25. The highest BCUT2D eigenvalue weighted by atomic mass is 35.5. The number of amides is 2. The molecule has 7 nitrogen and oxygen atoms in total. The SMILES string of the molecule is COc1ccc(C(=O)N(Cc2ccco2)C(C(=O)NC(C)(C)C)c2ccc(Cl)cc2)cc1OC. The molecule has 0 aliphatic heterocycles. The van der Waals surface area contributed by atoms with Gasteiger partial charge in [-0.3, -0.25) is 9.59 Å². The van der Waals surface area contributed by atoms with Crippen molar-refractivity contribution in [2.75, 3.05) is 14.2 Å². The molecule has 1 aromatic heterocycles. The quantitative estimate of drug-likeness (QED) is 0.472. The monoisotopic (exact) mass is 484 g/mol. The number of rotatable bonds is 8. The van der Waals surface area contributed by atoms with Crippen LogP contribution in [-0.4, -0.2) is 36.5 Å². The Kier molecular flexibility index (Phi) is 7.89. The molecule has 3 aromatic rings. The average Bonchev–Trinajstić information content (AvgIpc) is 3.31. The van der Waals surface area contributed by atoms with Gasteiger partial charge < -0.3 is 24.1 Å². The zero-order chi connectivity index (χ0) is 24.9. The van der Waals surface area contributed by atoms with Gasteiger partial charge in [-0.1, -0.05) is 23.7 Å². The van der Waals surface area contributed by atoms with Crippen LogP contribution in [0, 0.1) is 0 Å². The van der Waals surface area contributed by atoms with Gasteiger partial charge >= 0.3 is 0 Å². The van der Waals surface area contributed by atoms with Crippen molar-refractivity contribution in [2.45, 2.75) is 38.9 Å². The van der Waals surface area contributed by atoms with Gasteiger partial charge in [0, 0.05) is 16.1 Å². The van der Waals surface area contributed by atoms with E-state index in [1.165, 1.54) is 25.4 Å². The van der Waals surface area contributed by atoms with Crippen LogP contribution in [0.5, 0.6) is 11.5 Å². The van der Waals surface area contributed by atoms with E-state index in [0.29, 0.717) is 33.4 Å². The van der Waals surface area contributed by atoms with Crippen LogP contribution in [0.1, 0.15) is 48.5 Å². The molecule has 8 heteroatoms. The Morgan fingerprint density at radius 1 is 1.03 bits per heavy atom. The van der Waals surface area contributed by atoms with Gasteiger partial charge in [0.2, 0.25) is 5.91 Å². The van der Waals surface area contributed by atoms with Crippen molar-refractivity contribution in [1.82, 2.24) is 10.2 Å². The van der Waals surface area contributed by atoms with Crippen LogP contribution in [0.4, 0.5) is 0 Å². The molecule has 2 amide bonds. The summed E-state index contributed by atoms with van der Waals surface area (Å²) < 4.78 is 16.2. The van der Waals surface area contributed by atoms with E-state index in [2.05, 4.69) is 5.32 Å². The fraction of sp³-hybridized carbons (Fsp3) is 0.308. The maximum absolute atomic E-state index is 13.9. The first-order chi connectivity index (χ1) is 16.1. The molecule has 1 unspecified atom stereocenters. The summed E-state index contributed by atoms with van der Waals surface area (Å²) in [6.45, 7) is 5.73. The van der Waals surface area contributed by atoms with Crippen LogP contribution in [0.15, 0.2) is 65.3 Å². The molecule has 0 aliphatic rings. The fourth-order valence-corrected chi connectivity index (χ4v) is 3.67. The van der Waals surface area contributed by atoms with E-state index in [1.807, 2.05) is 20.8 Å². The molecule has 1 atom stereocenters. The third kappa shape index (κ3) is 6.11. The summed E-state index contributed by atoms with van der Waals surface area (Å²) in [6.07, 6.45) is 1.53. The first-order valence-electron chi connectivity index (χ1n) is 10.8. The van der Waals surface area contributed by atoms with Crippen LogP contribution in [-0.2, 0) is 11.3 Å². The van der Waals surface area contributed by atoms with Crippen molar-refractivity contribution in [3.63, 3.8) is 0 Å². The molecular formula is C26H29ClN2O5. The molecule has 0 spiro atoms. The molecule has 0 fully saturated rings. The number of nitrogens with one attached hydrogen (secondary N) is 1. The van der Waals surface area contributed by atoms with E-state index >= 15 is 0 Å². The lowest BCUT2D eigenvalue weighted by atomic mass is 10.0. The van der Waals surface area contributed by atoms with Crippen molar-refractivity contribution < 1.29 is 23.5 Å². The van der Waals surface area contributed by atoms with Crippen molar-refractivity contribution in [3.8, 4) is 11.5 Å². The Morgan fingerprint density at radius 2 is 1.71 bits per heavy atom. The number of nitrogens with zero attached hydrogens (tertiary/aromatic N) is 1. The van der Waals surface area contributed by atoms with E-state index in [-0.39, 0.29) is 18.4 Å². The number of benzene rings is 2. The molecule has 1 heterocycles. The summed E-state index contributed by atoms with van der Waals surface area (Å²) in [5.74, 6) is 0.748. The van der Waals surface area contributed by atoms with Gasteiger partial charge in [0.25, 0.3) is 5.91 Å². The lowest BCUT2D eigenvalue weighted by molar-refractivity contribution is -0.127. The number of ether oxygens (including phenoxy) is 2. The second kappa shape index (κ2) is 10.7. The van der Waals surface area contributed by atoms with Crippen LogP contribution in [0.3, 0.4) is 0 Å². The lowest BCUT2D eigenvalue weighted by Gasteiger charge is -2.33. The molecule has 0 saturated heterocycles. The summed E-state index contributed by atoms with van der Waals surface area (Å²) in [6, 6.07) is 14.3. The number of methoxy groups -OCH3 is 2. The van der Waals surface area contributed by atoms with Gasteiger partial charge in [-0.2, -0.15) is 0 Å². The average molecular weight is 485 g/mol. The third-order valence-corrected chi connectivity index (χ3v) is 5.29. The Morgan fingerprint density at radius 3 is 2.26 bits per heavy atom. The number of hydrogen-bond acceptors (Lipinski definition) is 5. The first kappa shape index (κ1) is 25.2. The first-order valence-corrected chi connectivity index (χ1v) is 11.1. The van der Waals surface area contributed by atoms with Gasteiger partial charge in [-0.05, 0) is 68.8 Å². The maximum atomic E-state index is 13.9. The number of hydrogen-bond donors (Lipinski definition) is 1. The van der Waals surface area contributed by atoms with Gasteiger partial charge in [-0.15, -0.1) is 0 Å². The standard InChI is InChI=1S/C26H29ClN2O5/c1-26(2,3)28-24(30)23(17-8-11-19(27)12-9-17)29(16-20-7-6-14-34-20)25(31)18-10-13-21(32-4)22(15-18)33-5/h6-15,23H,16H2,1-5H3,(H,28,30). The van der Waals surface area contributed by atoms with Crippen molar-refractivity contribution in [3.05, 3.63) is 82.8 Å². The van der Waals surface area contributed by atoms with Crippen molar-refractivity contribution in [1.29, 1.82) is 0 Å². The van der Waals surface area contributed by atoms with Gasteiger partial charge in [0.05, 0.1) is 27.0 Å². The van der Waals surface area contributed by atoms with E-state index in [4.69, 9.17) is 25.5 Å². The van der Waals surface area contributed by atoms with Gasteiger partial charge in [-0.25, -0.2) is 0 Å². The molecule has 0 radical (unpaired) electrons. The van der Waals surface area contributed by atoms with Crippen LogP contribution >= 0.6 is 11.6 Å². The van der Waals surface area contributed by atoms with Gasteiger partial charge in [0.15, 0.2) is 11.5 Å². The number of carbonyl (C=O) groups is 2. The highest BCUT2D eigenvalue weighted by molar-refractivity contribution is 6.30. The molecule has 180 valence electrons. The minimum absolute atomic E-state index is 0.0744. The highest BCUT2D eigenvalue weighted by Crippen LogP contribution is 2.31. The normalized spacial score (nSPS) is 12.1. The minimum Gasteiger partial charge on any atom is -0.493 e. The Balaban J connectivity index is 2.11. The summed E-state index contributed by atoms with van der Waals surface area (Å²) in [5, 5.41) is 3.53. The molecule has 1 N–H and O–H groups in total. The second-order valence-electron chi connectivity index (χ2n) is 8.78. The molecule has 3 rings (SSSR count). The number of furan rings is 1. The maximum Gasteiger partial charge on any atom is 0.255 e. The zero-order valence-electron chi connectivity index (χ0n) is 19.9. The van der Waals surface area contributed by atoms with Crippen LogP contribution in [0.2, 0.25) is 5.02 Å². The molecule has 2 aromatic carbocycles. The lowest BCUT2D eigenvalue weighted by Crippen LogP contribution is -2.49. The summed E-state index contributed by atoms with van der Waals surface area (Å²) in [7, 11) is 3.02. The smallest absolute Gasteiger partial charge is 0.255 e. The summed E-state index contributed by atoms with van der Waals surface area (Å²) in [5.41, 5.74) is 0.447. The minimum atomic E-state index is -0.942. The second-order valence-corrected chi connectivity index (χ2v) is 9.21. The van der Waals surface area contributed by atoms with E-state index in [1.54, 1.807) is 54.6 Å². The van der Waals surface area contributed by atoms with Gasteiger partial charge in [0.1, 0.15) is 11.8 Å². The third-order valence-electron chi connectivity index (χ3n) is 5.04. The highest BCUT2D eigenvalue weighted by Gasteiger charge is 2.34. The Hall–Kier alpha value is -3.45. The Labute approximate surface area is 204 Å².